The quantitative estimate of drug-likeness (QED) is 0.688. The lowest BCUT2D eigenvalue weighted by Crippen LogP contribution is -2.29. The highest BCUT2D eigenvalue weighted by Crippen LogP contribution is 2.30. The third kappa shape index (κ3) is 4.31. The maximum Gasteiger partial charge on any atom is 0.183 e. The SMILES string of the molecule is CCCN(CC)CCNc1nn2ccccc2c1N=C1C=C(C)C(=O)C=C1N. The Morgan fingerprint density at radius 2 is 2.07 bits per heavy atom. The van der Waals surface area contributed by atoms with E-state index in [1.807, 2.05) is 24.4 Å². The Labute approximate surface area is 165 Å². The van der Waals surface area contributed by atoms with Crippen LogP contribution in [0.15, 0.2) is 52.8 Å². The van der Waals surface area contributed by atoms with E-state index in [1.54, 1.807) is 17.5 Å². The molecule has 148 valence electrons. The van der Waals surface area contributed by atoms with E-state index in [9.17, 15) is 4.79 Å². The number of carbonyl (C=O) groups excluding carboxylic acids is 1. The van der Waals surface area contributed by atoms with Crippen LogP contribution in [-0.2, 0) is 4.79 Å². The molecule has 0 spiro atoms. The summed E-state index contributed by atoms with van der Waals surface area (Å²) in [6.45, 7) is 9.94. The van der Waals surface area contributed by atoms with Gasteiger partial charge in [-0.1, -0.05) is 19.9 Å². The molecule has 7 nitrogen and oxygen atoms in total. The average Bonchev–Trinajstić information content (AvgIpc) is 3.03. The summed E-state index contributed by atoms with van der Waals surface area (Å²) in [5.41, 5.74) is 9.23. The Hall–Kier alpha value is -2.93. The molecule has 7 heteroatoms. The van der Waals surface area contributed by atoms with Crippen LogP contribution in [0.4, 0.5) is 11.5 Å². The van der Waals surface area contributed by atoms with Crippen molar-refractivity contribution in [3.8, 4) is 0 Å². The summed E-state index contributed by atoms with van der Waals surface area (Å²) in [6.07, 6.45) is 6.19. The number of nitrogens with zero attached hydrogens (tertiary/aromatic N) is 4. The highest BCUT2D eigenvalue weighted by atomic mass is 16.1. The molecule has 28 heavy (non-hydrogen) atoms. The van der Waals surface area contributed by atoms with E-state index in [2.05, 4.69) is 29.2 Å². The Morgan fingerprint density at radius 1 is 1.25 bits per heavy atom. The van der Waals surface area contributed by atoms with Crippen LogP contribution in [-0.4, -0.2) is 52.2 Å². The van der Waals surface area contributed by atoms with Crippen molar-refractivity contribution >= 4 is 28.5 Å². The predicted molar refractivity (Wildman–Crippen MR) is 114 cm³/mol. The van der Waals surface area contributed by atoms with Crippen LogP contribution in [0.3, 0.4) is 0 Å². The molecular weight excluding hydrogens is 352 g/mol. The van der Waals surface area contributed by atoms with E-state index in [-0.39, 0.29) is 5.78 Å². The van der Waals surface area contributed by atoms with Gasteiger partial charge in [0.1, 0.15) is 5.69 Å². The van der Waals surface area contributed by atoms with Crippen LogP contribution in [0.25, 0.3) is 5.52 Å². The van der Waals surface area contributed by atoms with Gasteiger partial charge in [0.05, 0.1) is 16.9 Å². The Kier molecular flexibility index (Phi) is 6.26. The molecule has 0 saturated heterocycles. The molecule has 0 aliphatic heterocycles. The minimum Gasteiger partial charge on any atom is -0.397 e. The fourth-order valence-electron chi connectivity index (χ4n) is 3.20. The summed E-state index contributed by atoms with van der Waals surface area (Å²) in [4.78, 5) is 19.0. The normalized spacial score (nSPS) is 16.0. The van der Waals surface area contributed by atoms with Crippen molar-refractivity contribution in [1.29, 1.82) is 0 Å². The molecule has 2 aromatic rings. The molecule has 0 radical (unpaired) electrons. The van der Waals surface area contributed by atoms with Gasteiger partial charge in [-0.05, 0) is 50.2 Å². The maximum atomic E-state index is 11.8. The standard InChI is InChI=1S/C21H28N6O/c1-4-10-26(5-2)12-9-23-21-20(18-8-6-7-11-27(18)25-21)24-17-13-15(3)19(28)14-16(17)22/h6-8,11,13-14H,4-5,9-10,12,22H2,1-3H3,(H,23,25). The number of allylic oxidation sites excluding steroid dienone is 3. The van der Waals surface area contributed by atoms with Gasteiger partial charge in [-0.15, -0.1) is 5.10 Å². The van der Waals surface area contributed by atoms with E-state index in [1.165, 1.54) is 6.08 Å². The van der Waals surface area contributed by atoms with Crippen molar-refractivity contribution in [2.45, 2.75) is 27.2 Å². The summed E-state index contributed by atoms with van der Waals surface area (Å²) in [6, 6.07) is 5.85. The predicted octanol–water partition coefficient (Wildman–Crippen LogP) is 2.92. The van der Waals surface area contributed by atoms with Gasteiger partial charge in [-0.25, -0.2) is 9.51 Å². The Bertz CT molecular complexity index is 953. The second-order valence-electron chi connectivity index (χ2n) is 6.88. The lowest BCUT2D eigenvalue weighted by atomic mass is 10.0. The molecule has 0 fully saturated rings. The largest absolute Gasteiger partial charge is 0.397 e. The van der Waals surface area contributed by atoms with Crippen molar-refractivity contribution in [2.75, 3.05) is 31.5 Å². The number of nitrogens with two attached hydrogens (primary N) is 1. The number of pyridine rings is 1. The van der Waals surface area contributed by atoms with Crippen LogP contribution >= 0.6 is 0 Å². The van der Waals surface area contributed by atoms with Gasteiger partial charge in [-0.3, -0.25) is 4.79 Å². The number of anilines is 1. The monoisotopic (exact) mass is 380 g/mol. The van der Waals surface area contributed by atoms with Crippen molar-refractivity contribution < 1.29 is 4.79 Å². The molecule has 3 rings (SSSR count). The molecule has 0 unspecified atom stereocenters. The van der Waals surface area contributed by atoms with Crippen LogP contribution < -0.4 is 11.1 Å². The smallest absolute Gasteiger partial charge is 0.183 e. The third-order valence-electron chi connectivity index (χ3n) is 4.78. The fraction of sp³-hybridized carbons (Fsp3) is 0.381. The molecule has 0 bridgehead atoms. The zero-order valence-electron chi connectivity index (χ0n) is 16.8. The maximum absolute atomic E-state index is 11.8. The van der Waals surface area contributed by atoms with E-state index in [0.717, 1.165) is 43.8 Å². The van der Waals surface area contributed by atoms with E-state index < -0.39 is 0 Å². The van der Waals surface area contributed by atoms with E-state index >= 15 is 0 Å². The number of fused-ring (bicyclic) bond motifs is 1. The number of ketones is 1. The van der Waals surface area contributed by atoms with Crippen molar-refractivity contribution in [2.24, 2.45) is 10.7 Å². The van der Waals surface area contributed by atoms with Gasteiger partial charge < -0.3 is 16.0 Å². The molecule has 3 N–H and O–H groups in total. The molecule has 1 aliphatic carbocycles. The molecule has 0 atom stereocenters. The number of hydrogen-bond acceptors (Lipinski definition) is 6. The number of carbonyl (C=O) groups is 1. The highest BCUT2D eigenvalue weighted by molar-refractivity contribution is 6.22. The number of likely N-dealkylation sites (N-methyl/N-ethyl adjacent to an activating group) is 1. The van der Waals surface area contributed by atoms with Gasteiger partial charge in [0.15, 0.2) is 11.6 Å². The topological polar surface area (TPSA) is 88.0 Å². The first-order valence-electron chi connectivity index (χ1n) is 9.76. The summed E-state index contributed by atoms with van der Waals surface area (Å²) >= 11 is 0. The molecule has 0 aromatic carbocycles. The molecular formula is C21H28N6O. The number of hydrogen-bond donors (Lipinski definition) is 2. The summed E-state index contributed by atoms with van der Waals surface area (Å²) in [7, 11) is 0. The number of aromatic nitrogens is 2. The summed E-state index contributed by atoms with van der Waals surface area (Å²) in [5.74, 6) is 0.632. The Balaban J connectivity index is 1.91. The summed E-state index contributed by atoms with van der Waals surface area (Å²) in [5, 5.41) is 8.06. The lowest BCUT2D eigenvalue weighted by molar-refractivity contribution is -0.111. The average molecular weight is 380 g/mol. The van der Waals surface area contributed by atoms with Crippen molar-refractivity contribution in [3.63, 3.8) is 0 Å². The first-order chi connectivity index (χ1) is 13.5. The summed E-state index contributed by atoms with van der Waals surface area (Å²) < 4.78 is 1.80. The highest BCUT2D eigenvalue weighted by Gasteiger charge is 2.17. The fourth-order valence-corrected chi connectivity index (χ4v) is 3.20. The minimum atomic E-state index is -0.0785. The zero-order chi connectivity index (χ0) is 20.1. The molecule has 2 heterocycles. The van der Waals surface area contributed by atoms with Crippen molar-refractivity contribution in [3.05, 3.63) is 47.8 Å². The second kappa shape index (κ2) is 8.84. The van der Waals surface area contributed by atoms with Crippen LogP contribution in [0, 0.1) is 0 Å². The van der Waals surface area contributed by atoms with E-state index in [4.69, 9.17) is 10.7 Å². The van der Waals surface area contributed by atoms with Crippen LogP contribution in [0.2, 0.25) is 0 Å². The molecule has 0 amide bonds. The van der Waals surface area contributed by atoms with Gasteiger partial charge in [0, 0.05) is 25.4 Å². The van der Waals surface area contributed by atoms with Crippen LogP contribution in [0.1, 0.15) is 27.2 Å². The van der Waals surface area contributed by atoms with Gasteiger partial charge in [0.2, 0.25) is 0 Å². The van der Waals surface area contributed by atoms with E-state index in [0.29, 0.717) is 22.8 Å². The molecule has 2 aromatic heterocycles. The van der Waals surface area contributed by atoms with Gasteiger partial charge in [-0.2, -0.15) is 0 Å². The second-order valence-corrected chi connectivity index (χ2v) is 6.88. The lowest BCUT2D eigenvalue weighted by Gasteiger charge is -2.19. The number of rotatable bonds is 8. The minimum absolute atomic E-state index is 0.0785. The third-order valence-corrected chi connectivity index (χ3v) is 4.78. The van der Waals surface area contributed by atoms with Crippen molar-refractivity contribution in [1.82, 2.24) is 14.5 Å². The Morgan fingerprint density at radius 3 is 2.82 bits per heavy atom. The number of nitrogens with one attached hydrogen (secondary N) is 1. The molecule has 1 aliphatic rings. The van der Waals surface area contributed by atoms with Crippen LogP contribution in [0.5, 0.6) is 0 Å². The molecule has 0 saturated carbocycles. The van der Waals surface area contributed by atoms with Gasteiger partial charge in [0.25, 0.3) is 0 Å². The zero-order valence-corrected chi connectivity index (χ0v) is 16.8. The number of aliphatic imine (C=N–C) groups is 1. The van der Waals surface area contributed by atoms with Gasteiger partial charge >= 0.3 is 0 Å². The first-order valence-corrected chi connectivity index (χ1v) is 9.76. The first kappa shape index (κ1) is 19.8.